The lowest BCUT2D eigenvalue weighted by atomic mass is 10.2. The summed E-state index contributed by atoms with van der Waals surface area (Å²) in [7, 11) is 3.72. The monoisotopic (exact) mass is 292 g/mol. The Morgan fingerprint density at radius 2 is 2.35 bits per heavy atom. The number of hydrogen-bond donors (Lipinski definition) is 1. The van der Waals surface area contributed by atoms with E-state index in [1.54, 1.807) is 20.9 Å². The normalized spacial score (nSPS) is 10.5. The van der Waals surface area contributed by atoms with Crippen LogP contribution in [0.15, 0.2) is 29.2 Å². The van der Waals surface area contributed by atoms with Gasteiger partial charge in [-0.3, -0.25) is 4.68 Å². The number of aromatic nitrogens is 2. The van der Waals surface area contributed by atoms with E-state index in [4.69, 9.17) is 0 Å². The highest BCUT2D eigenvalue weighted by Crippen LogP contribution is 2.08. The molecule has 2 aromatic rings. The van der Waals surface area contributed by atoms with E-state index in [2.05, 4.69) is 15.8 Å². The van der Waals surface area contributed by atoms with E-state index < -0.39 is 0 Å². The minimum atomic E-state index is -0.0256. The topological polar surface area (TPSA) is 50.2 Å². The van der Waals surface area contributed by atoms with E-state index in [1.807, 2.05) is 37.9 Å². The molecule has 0 aromatic carbocycles. The van der Waals surface area contributed by atoms with Crippen LogP contribution in [0.5, 0.6) is 0 Å². The van der Waals surface area contributed by atoms with E-state index in [-0.39, 0.29) is 6.03 Å². The van der Waals surface area contributed by atoms with Gasteiger partial charge in [0.1, 0.15) is 0 Å². The molecule has 1 N–H and O–H groups in total. The van der Waals surface area contributed by atoms with Gasteiger partial charge in [-0.15, -0.1) is 0 Å². The summed E-state index contributed by atoms with van der Waals surface area (Å²) < 4.78 is 1.79. The van der Waals surface area contributed by atoms with Crippen LogP contribution in [-0.2, 0) is 20.0 Å². The van der Waals surface area contributed by atoms with Crippen LogP contribution in [0.2, 0.25) is 0 Å². The van der Waals surface area contributed by atoms with Crippen molar-refractivity contribution in [3.63, 3.8) is 0 Å². The molecule has 0 saturated carbocycles. The van der Waals surface area contributed by atoms with Crippen LogP contribution < -0.4 is 5.32 Å². The molecule has 0 unspecified atom stereocenters. The predicted molar refractivity (Wildman–Crippen MR) is 80.7 cm³/mol. The van der Waals surface area contributed by atoms with Crippen LogP contribution in [-0.4, -0.2) is 34.3 Å². The highest BCUT2D eigenvalue weighted by atomic mass is 32.1. The van der Waals surface area contributed by atoms with Gasteiger partial charge in [0, 0.05) is 33.4 Å². The zero-order valence-electron chi connectivity index (χ0n) is 11.9. The molecule has 5 nitrogen and oxygen atoms in total. The molecule has 20 heavy (non-hydrogen) atoms. The number of amides is 2. The standard InChI is InChI=1S/C14H20N4OS/c1-17(9-13-5-7-20-11-13)14(19)15-6-3-4-12-8-16-18(2)10-12/h5,7-8,10-11H,3-4,6,9H2,1-2H3,(H,15,19). The maximum absolute atomic E-state index is 11.9. The molecular formula is C14H20N4OS. The van der Waals surface area contributed by atoms with Gasteiger partial charge in [-0.1, -0.05) is 0 Å². The Balaban J connectivity index is 1.64. The average molecular weight is 292 g/mol. The molecule has 2 amide bonds. The second-order valence-corrected chi connectivity index (χ2v) is 5.63. The maximum Gasteiger partial charge on any atom is 0.317 e. The lowest BCUT2D eigenvalue weighted by Gasteiger charge is -2.17. The molecule has 2 heterocycles. The van der Waals surface area contributed by atoms with E-state index in [9.17, 15) is 4.79 Å². The molecule has 108 valence electrons. The number of aryl methyl sites for hydroxylation is 2. The van der Waals surface area contributed by atoms with E-state index in [0.717, 1.165) is 12.8 Å². The van der Waals surface area contributed by atoms with E-state index in [0.29, 0.717) is 13.1 Å². The molecule has 0 aliphatic heterocycles. The average Bonchev–Trinajstić information content (AvgIpc) is 3.06. The zero-order valence-corrected chi connectivity index (χ0v) is 12.7. The van der Waals surface area contributed by atoms with Gasteiger partial charge in [-0.2, -0.15) is 16.4 Å². The summed E-state index contributed by atoms with van der Waals surface area (Å²) in [5.74, 6) is 0. The second kappa shape index (κ2) is 7.09. The Morgan fingerprint density at radius 3 is 3.00 bits per heavy atom. The molecule has 0 fully saturated rings. The maximum atomic E-state index is 11.9. The van der Waals surface area contributed by atoms with Crippen molar-refractivity contribution in [2.24, 2.45) is 7.05 Å². The van der Waals surface area contributed by atoms with Gasteiger partial charge in [0.15, 0.2) is 0 Å². The van der Waals surface area contributed by atoms with Crippen LogP contribution in [0, 0.1) is 0 Å². The Hall–Kier alpha value is -1.82. The van der Waals surface area contributed by atoms with Crippen LogP contribution in [0.3, 0.4) is 0 Å². The largest absolute Gasteiger partial charge is 0.338 e. The smallest absolute Gasteiger partial charge is 0.317 e. The molecule has 0 bridgehead atoms. The molecule has 2 aromatic heterocycles. The SMILES string of the molecule is CN(Cc1ccsc1)C(=O)NCCCc1cnn(C)c1. The number of rotatable bonds is 6. The first-order chi connectivity index (χ1) is 9.65. The van der Waals surface area contributed by atoms with Crippen LogP contribution >= 0.6 is 11.3 Å². The lowest BCUT2D eigenvalue weighted by Crippen LogP contribution is -2.37. The van der Waals surface area contributed by atoms with Gasteiger partial charge >= 0.3 is 6.03 Å². The van der Waals surface area contributed by atoms with Crippen molar-refractivity contribution in [1.82, 2.24) is 20.0 Å². The second-order valence-electron chi connectivity index (χ2n) is 4.85. The number of hydrogen-bond acceptors (Lipinski definition) is 3. The summed E-state index contributed by atoms with van der Waals surface area (Å²) in [4.78, 5) is 13.6. The summed E-state index contributed by atoms with van der Waals surface area (Å²) in [6.45, 7) is 1.33. The third-order valence-corrected chi connectivity index (χ3v) is 3.76. The molecule has 0 atom stereocenters. The minimum absolute atomic E-state index is 0.0256. The quantitative estimate of drug-likeness (QED) is 0.830. The molecular weight excluding hydrogens is 272 g/mol. The van der Waals surface area contributed by atoms with Crippen molar-refractivity contribution in [2.75, 3.05) is 13.6 Å². The van der Waals surface area contributed by atoms with Gasteiger partial charge < -0.3 is 10.2 Å². The number of carbonyl (C=O) groups excluding carboxylic acids is 1. The van der Waals surface area contributed by atoms with Crippen molar-refractivity contribution in [1.29, 1.82) is 0 Å². The number of nitrogens with one attached hydrogen (secondary N) is 1. The fourth-order valence-electron chi connectivity index (χ4n) is 1.95. The third-order valence-electron chi connectivity index (χ3n) is 3.02. The Bertz CT molecular complexity index is 535. The summed E-state index contributed by atoms with van der Waals surface area (Å²) in [6.07, 6.45) is 5.72. The van der Waals surface area contributed by atoms with Gasteiger partial charge in [-0.25, -0.2) is 4.79 Å². The first-order valence-electron chi connectivity index (χ1n) is 6.62. The minimum Gasteiger partial charge on any atom is -0.338 e. The molecule has 0 radical (unpaired) electrons. The van der Waals surface area contributed by atoms with Crippen LogP contribution in [0.1, 0.15) is 17.5 Å². The Morgan fingerprint density at radius 1 is 1.50 bits per heavy atom. The highest BCUT2D eigenvalue weighted by molar-refractivity contribution is 7.07. The van der Waals surface area contributed by atoms with Crippen molar-refractivity contribution < 1.29 is 4.79 Å². The molecule has 2 rings (SSSR count). The van der Waals surface area contributed by atoms with Crippen molar-refractivity contribution in [3.8, 4) is 0 Å². The summed E-state index contributed by atoms with van der Waals surface area (Å²) in [5, 5.41) is 11.1. The van der Waals surface area contributed by atoms with E-state index in [1.165, 1.54) is 11.1 Å². The van der Waals surface area contributed by atoms with Gasteiger partial charge in [0.25, 0.3) is 0 Å². The molecule has 0 spiro atoms. The van der Waals surface area contributed by atoms with Crippen LogP contribution in [0.25, 0.3) is 0 Å². The predicted octanol–water partition coefficient (Wildman–Crippen LogP) is 2.26. The molecule has 0 aliphatic rings. The van der Waals surface area contributed by atoms with Gasteiger partial charge in [0.2, 0.25) is 0 Å². The van der Waals surface area contributed by atoms with E-state index >= 15 is 0 Å². The summed E-state index contributed by atoms with van der Waals surface area (Å²) in [5.41, 5.74) is 2.37. The molecule has 0 saturated heterocycles. The first kappa shape index (κ1) is 14.6. The van der Waals surface area contributed by atoms with Gasteiger partial charge in [-0.05, 0) is 40.8 Å². The molecule has 0 aliphatic carbocycles. The van der Waals surface area contributed by atoms with Crippen molar-refractivity contribution in [2.45, 2.75) is 19.4 Å². The highest BCUT2D eigenvalue weighted by Gasteiger charge is 2.08. The number of urea groups is 1. The summed E-state index contributed by atoms with van der Waals surface area (Å²) >= 11 is 1.65. The number of carbonyl (C=O) groups is 1. The fourth-order valence-corrected chi connectivity index (χ4v) is 2.61. The lowest BCUT2D eigenvalue weighted by molar-refractivity contribution is 0.207. The Kier molecular flexibility index (Phi) is 5.17. The fraction of sp³-hybridized carbons (Fsp3) is 0.429. The number of thiophene rings is 1. The zero-order chi connectivity index (χ0) is 14.4. The van der Waals surface area contributed by atoms with Crippen molar-refractivity contribution in [3.05, 3.63) is 40.3 Å². The third kappa shape index (κ3) is 4.38. The van der Waals surface area contributed by atoms with Crippen molar-refractivity contribution >= 4 is 17.4 Å². The molecule has 6 heteroatoms. The first-order valence-corrected chi connectivity index (χ1v) is 7.57. The Labute approximate surface area is 123 Å². The van der Waals surface area contributed by atoms with Gasteiger partial charge in [0.05, 0.1) is 6.20 Å². The summed E-state index contributed by atoms with van der Waals surface area (Å²) in [6, 6.07) is 2.01. The number of nitrogens with zero attached hydrogens (tertiary/aromatic N) is 3. The van der Waals surface area contributed by atoms with Crippen LogP contribution in [0.4, 0.5) is 4.79 Å².